The van der Waals surface area contributed by atoms with Crippen LogP contribution in [0.25, 0.3) is 0 Å². The van der Waals surface area contributed by atoms with E-state index >= 15 is 0 Å². The molecule has 2 aliphatic heterocycles. The Labute approximate surface area is 137 Å². The van der Waals surface area contributed by atoms with E-state index in [1.54, 1.807) is 6.33 Å². The second-order valence-electron chi connectivity index (χ2n) is 6.75. The summed E-state index contributed by atoms with van der Waals surface area (Å²) in [7, 11) is 0. The fourth-order valence-corrected chi connectivity index (χ4v) is 3.38. The summed E-state index contributed by atoms with van der Waals surface area (Å²) in [5.41, 5.74) is 1.48. The van der Waals surface area contributed by atoms with Crippen molar-refractivity contribution in [1.29, 1.82) is 0 Å². The minimum Gasteiger partial charge on any atom is -0.388 e. The lowest BCUT2D eigenvalue weighted by Gasteiger charge is -2.40. The van der Waals surface area contributed by atoms with Crippen LogP contribution in [0, 0.1) is 6.92 Å². The van der Waals surface area contributed by atoms with Crippen LogP contribution in [-0.2, 0) is 15.9 Å². The topological polar surface area (TPSA) is 67.7 Å². The molecule has 3 heterocycles. The standard InChI is InChI=1S/C17H27N3O3/c1-14-10-15(19-13-18-14)2-3-16-11-20(6-9-23-16)12-17(21)4-7-22-8-5-17/h10,13,16,21H,2-9,11-12H2,1H3. The molecule has 0 aliphatic carbocycles. The third kappa shape index (κ3) is 4.94. The van der Waals surface area contributed by atoms with E-state index in [1.165, 1.54) is 0 Å². The molecule has 128 valence electrons. The van der Waals surface area contributed by atoms with Gasteiger partial charge in [-0.2, -0.15) is 0 Å². The van der Waals surface area contributed by atoms with Crippen molar-refractivity contribution in [1.82, 2.24) is 14.9 Å². The monoisotopic (exact) mass is 321 g/mol. The average Bonchev–Trinajstić information content (AvgIpc) is 2.54. The first kappa shape index (κ1) is 16.8. The van der Waals surface area contributed by atoms with Gasteiger partial charge in [0.1, 0.15) is 6.33 Å². The van der Waals surface area contributed by atoms with Gasteiger partial charge in [-0.1, -0.05) is 0 Å². The Morgan fingerprint density at radius 1 is 1.30 bits per heavy atom. The summed E-state index contributed by atoms with van der Waals surface area (Å²) in [6, 6.07) is 2.03. The molecule has 23 heavy (non-hydrogen) atoms. The lowest BCUT2D eigenvalue weighted by molar-refractivity contribution is -0.103. The van der Waals surface area contributed by atoms with Gasteiger partial charge in [-0.25, -0.2) is 9.97 Å². The highest BCUT2D eigenvalue weighted by molar-refractivity contribution is 5.06. The van der Waals surface area contributed by atoms with Crippen LogP contribution in [-0.4, -0.2) is 71.1 Å². The normalized spacial score (nSPS) is 25.4. The number of β-amino-alcohol motifs (C(OH)–C–C–N with tert-alkyl or cyclic N) is 1. The van der Waals surface area contributed by atoms with E-state index < -0.39 is 5.60 Å². The minimum atomic E-state index is -0.593. The molecule has 0 bridgehead atoms. The zero-order valence-corrected chi connectivity index (χ0v) is 13.9. The molecular formula is C17H27N3O3. The molecule has 1 N–H and O–H groups in total. The summed E-state index contributed by atoms with van der Waals surface area (Å²) >= 11 is 0. The minimum absolute atomic E-state index is 0.211. The van der Waals surface area contributed by atoms with Crippen molar-refractivity contribution >= 4 is 0 Å². The molecule has 2 aliphatic rings. The Bertz CT molecular complexity index is 506. The molecular weight excluding hydrogens is 294 g/mol. The summed E-state index contributed by atoms with van der Waals surface area (Å²) < 4.78 is 11.2. The van der Waals surface area contributed by atoms with Gasteiger partial charge in [0.15, 0.2) is 0 Å². The van der Waals surface area contributed by atoms with E-state index in [0.717, 1.165) is 63.3 Å². The molecule has 1 aromatic heterocycles. The largest absolute Gasteiger partial charge is 0.388 e. The van der Waals surface area contributed by atoms with Crippen LogP contribution in [0.15, 0.2) is 12.4 Å². The Balaban J connectivity index is 1.48. The van der Waals surface area contributed by atoms with Crippen molar-refractivity contribution in [3.05, 3.63) is 23.8 Å². The van der Waals surface area contributed by atoms with E-state index in [0.29, 0.717) is 13.2 Å². The van der Waals surface area contributed by atoms with Crippen LogP contribution in [0.4, 0.5) is 0 Å². The Kier molecular flexibility index (Phi) is 5.58. The highest BCUT2D eigenvalue weighted by Crippen LogP contribution is 2.23. The maximum atomic E-state index is 10.7. The predicted molar refractivity (Wildman–Crippen MR) is 86.3 cm³/mol. The maximum absolute atomic E-state index is 10.7. The summed E-state index contributed by atoms with van der Waals surface area (Å²) in [5.74, 6) is 0. The van der Waals surface area contributed by atoms with Crippen LogP contribution in [0.1, 0.15) is 30.7 Å². The zero-order valence-electron chi connectivity index (χ0n) is 13.9. The number of ether oxygens (including phenoxy) is 2. The third-order valence-corrected chi connectivity index (χ3v) is 4.75. The number of nitrogens with zero attached hydrogens (tertiary/aromatic N) is 3. The summed E-state index contributed by atoms with van der Waals surface area (Å²) in [5, 5.41) is 10.7. The molecule has 2 saturated heterocycles. The predicted octanol–water partition coefficient (Wildman–Crippen LogP) is 0.960. The molecule has 6 heteroatoms. The van der Waals surface area contributed by atoms with Crippen LogP contribution < -0.4 is 0 Å². The molecule has 0 amide bonds. The van der Waals surface area contributed by atoms with Gasteiger partial charge in [0.25, 0.3) is 0 Å². The number of aromatic nitrogens is 2. The van der Waals surface area contributed by atoms with Crippen molar-refractivity contribution in [2.24, 2.45) is 0 Å². The van der Waals surface area contributed by atoms with Gasteiger partial charge >= 0.3 is 0 Å². The first-order chi connectivity index (χ1) is 11.1. The SMILES string of the molecule is Cc1cc(CCC2CN(CC3(O)CCOCC3)CCO2)ncn1. The van der Waals surface area contributed by atoms with Gasteiger partial charge in [-0.15, -0.1) is 0 Å². The molecule has 1 aromatic rings. The Morgan fingerprint density at radius 2 is 2.13 bits per heavy atom. The second kappa shape index (κ2) is 7.66. The van der Waals surface area contributed by atoms with Crippen LogP contribution >= 0.6 is 0 Å². The van der Waals surface area contributed by atoms with Crippen molar-refractivity contribution in [3.63, 3.8) is 0 Å². The van der Waals surface area contributed by atoms with Crippen LogP contribution in [0.5, 0.6) is 0 Å². The van der Waals surface area contributed by atoms with E-state index in [2.05, 4.69) is 14.9 Å². The molecule has 6 nitrogen and oxygen atoms in total. The highest BCUT2D eigenvalue weighted by atomic mass is 16.5. The molecule has 0 aromatic carbocycles. The summed E-state index contributed by atoms with van der Waals surface area (Å²) in [4.78, 5) is 10.8. The number of hydrogen-bond acceptors (Lipinski definition) is 6. The van der Waals surface area contributed by atoms with Crippen LogP contribution in [0.2, 0.25) is 0 Å². The van der Waals surface area contributed by atoms with Gasteiger partial charge in [-0.05, 0) is 25.8 Å². The number of morpholine rings is 1. The summed E-state index contributed by atoms with van der Waals surface area (Å²) in [6.45, 7) is 6.55. The van der Waals surface area contributed by atoms with Crippen LogP contribution in [0.3, 0.4) is 0 Å². The smallest absolute Gasteiger partial charge is 0.115 e. The molecule has 3 rings (SSSR count). The number of aliphatic hydroxyl groups is 1. The molecule has 0 saturated carbocycles. The lowest BCUT2D eigenvalue weighted by atomic mass is 9.93. The molecule has 1 atom stereocenters. The highest BCUT2D eigenvalue weighted by Gasteiger charge is 2.33. The maximum Gasteiger partial charge on any atom is 0.115 e. The first-order valence-electron chi connectivity index (χ1n) is 8.55. The number of aryl methyl sites for hydroxylation is 2. The second-order valence-corrected chi connectivity index (χ2v) is 6.75. The zero-order chi connectivity index (χ0) is 16.1. The summed E-state index contributed by atoms with van der Waals surface area (Å²) in [6.07, 6.45) is 5.15. The van der Waals surface area contributed by atoms with E-state index in [9.17, 15) is 5.11 Å². The van der Waals surface area contributed by atoms with E-state index in [1.807, 2.05) is 13.0 Å². The van der Waals surface area contributed by atoms with Gasteiger partial charge in [-0.3, -0.25) is 4.90 Å². The number of hydrogen-bond donors (Lipinski definition) is 1. The van der Waals surface area contributed by atoms with Crippen molar-refractivity contribution in [2.45, 2.75) is 44.3 Å². The van der Waals surface area contributed by atoms with Gasteiger partial charge in [0.2, 0.25) is 0 Å². The Morgan fingerprint density at radius 3 is 2.91 bits per heavy atom. The van der Waals surface area contributed by atoms with E-state index in [-0.39, 0.29) is 6.10 Å². The van der Waals surface area contributed by atoms with Gasteiger partial charge < -0.3 is 14.6 Å². The number of rotatable bonds is 5. The van der Waals surface area contributed by atoms with Crippen molar-refractivity contribution in [2.75, 3.05) is 39.5 Å². The van der Waals surface area contributed by atoms with Crippen molar-refractivity contribution < 1.29 is 14.6 Å². The fraction of sp³-hybridized carbons (Fsp3) is 0.765. The molecule has 0 radical (unpaired) electrons. The first-order valence-corrected chi connectivity index (χ1v) is 8.55. The average molecular weight is 321 g/mol. The lowest BCUT2D eigenvalue weighted by Crippen LogP contribution is -2.52. The van der Waals surface area contributed by atoms with Crippen molar-refractivity contribution in [3.8, 4) is 0 Å². The van der Waals surface area contributed by atoms with Gasteiger partial charge in [0.05, 0.1) is 18.3 Å². The molecule has 0 spiro atoms. The quantitative estimate of drug-likeness (QED) is 0.871. The molecule has 2 fully saturated rings. The van der Waals surface area contributed by atoms with E-state index in [4.69, 9.17) is 9.47 Å². The Hall–Kier alpha value is -1.08. The van der Waals surface area contributed by atoms with Gasteiger partial charge in [0, 0.05) is 57.1 Å². The third-order valence-electron chi connectivity index (χ3n) is 4.75. The fourth-order valence-electron chi connectivity index (χ4n) is 3.38. The molecule has 1 unspecified atom stereocenters.